The van der Waals surface area contributed by atoms with Gasteiger partial charge < -0.3 is 10.1 Å². The molecule has 0 saturated carbocycles. The van der Waals surface area contributed by atoms with E-state index in [-0.39, 0.29) is 0 Å². The van der Waals surface area contributed by atoms with E-state index in [0.29, 0.717) is 6.10 Å². The molecule has 15 heavy (non-hydrogen) atoms. The van der Waals surface area contributed by atoms with Gasteiger partial charge in [-0.05, 0) is 60.1 Å². The molecule has 2 rings (SSSR count). The second kappa shape index (κ2) is 5.70. The normalized spacial score (nSPS) is 20.5. The number of rotatable bonds is 4. The summed E-state index contributed by atoms with van der Waals surface area (Å²) in [6.07, 6.45) is 4.06. The van der Waals surface area contributed by atoms with Crippen molar-refractivity contribution in [3.8, 4) is 0 Å². The van der Waals surface area contributed by atoms with E-state index in [1.165, 1.54) is 22.1 Å². The van der Waals surface area contributed by atoms with Gasteiger partial charge in [-0.15, -0.1) is 0 Å². The number of nitrogens with one attached hydrogen (secondary N) is 1. The molecule has 0 aliphatic carbocycles. The maximum atomic E-state index is 5.57. The van der Waals surface area contributed by atoms with Crippen molar-refractivity contribution in [2.75, 3.05) is 18.5 Å². The van der Waals surface area contributed by atoms with Gasteiger partial charge in [-0.3, -0.25) is 0 Å². The zero-order valence-electron chi connectivity index (χ0n) is 8.71. The Balaban J connectivity index is 1.73. The Morgan fingerprint density at radius 2 is 2.40 bits per heavy atom. The molecule has 0 spiro atoms. The quantitative estimate of drug-likeness (QED) is 0.861. The fraction of sp³-hybridized carbons (Fsp3) is 0.500. The van der Waals surface area contributed by atoms with E-state index in [0.717, 1.165) is 19.6 Å². The van der Waals surface area contributed by atoms with Crippen molar-refractivity contribution in [3.63, 3.8) is 0 Å². The van der Waals surface area contributed by atoms with Gasteiger partial charge in [0, 0.05) is 22.4 Å². The molecule has 0 aromatic heterocycles. The van der Waals surface area contributed by atoms with Gasteiger partial charge in [0.15, 0.2) is 0 Å². The van der Waals surface area contributed by atoms with Crippen LogP contribution in [-0.4, -0.2) is 19.3 Å². The number of hydrogen-bond acceptors (Lipinski definition) is 2. The van der Waals surface area contributed by atoms with Crippen LogP contribution in [0.2, 0.25) is 0 Å². The van der Waals surface area contributed by atoms with E-state index in [1.807, 2.05) is 0 Å². The number of hydrogen-bond donors (Lipinski definition) is 1. The molecule has 0 amide bonds. The highest BCUT2D eigenvalue weighted by atomic mass is 127. The molecule has 3 heteroatoms. The minimum atomic E-state index is 0.486. The molecule has 1 saturated heterocycles. The van der Waals surface area contributed by atoms with Crippen molar-refractivity contribution < 1.29 is 4.74 Å². The van der Waals surface area contributed by atoms with Crippen LogP contribution in [0, 0.1) is 3.57 Å². The molecule has 1 N–H and O–H groups in total. The molecule has 1 aliphatic heterocycles. The fourth-order valence-corrected chi connectivity index (χ4v) is 2.39. The van der Waals surface area contributed by atoms with Gasteiger partial charge in [0.2, 0.25) is 0 Å². The molecule has 1 heterocycles. The standard InChI is InChI=1S/C12H16INO/c13-10-3-1-4-11(9-10)14-7-6-12-5-2-8-15-12/h1,3-4,9,12,14H,2,5-8H2. The Labute approximate surface area is 105 Å². The monoisotopic (exact) mass is 317 g/mol. The van der Waals surface area contributed by atoms with Gasteiger partial charge in [-0.1, -0.05) is 6.07 Å². The van der Waals surface area contributed by atoms with Crippen LogP contribution in [0.15, 0.2) is 24.3 Å². The van der Waals surface area contributed by atoms with Crippen molar-refractivity contribution in [2.45, 2.75) is 25.4 Å². The van der Waals surface area contributed by atoms with E-state index in [2.05, 4.69) is 52.2 Å². The molecular weight excluding hydrogens is 301 g/mol. The zero-order valence-corrected chi connectivity index (χ0v) is 10.9. The Kier molecular flexibility index (Phi) is 4.26. The maximum Gasteiger partial charge on any atom is 0.0592 e. The summed E-state index contributed by atoms with van der Waals surface area (Å²) in [5.74, 6) is 0. The van der Waals surface area contributed by atoms with Crippen molar-refractivity contribution in [1.82, 2.24) is 0 Å². The molecular formula is C12H16INO. The zero-order chi connectivity index (χ0) is 10.5. The summed E-state index contributed by atoms with van der Waals surface area (Å²) in [4.78, 5) is 0. The second-order valence-electron chi connectivity index (χ2n) is 3.86. The summed E-state index contributed by atoms with van der Waals surface area (Å²) in [5, 5.41) is 3.43. The van der Waals surface area contributed by atoms with Crippen LogP contribution in [0.25, 0.3) is 0 Å². The number of anilines is 1. The molecule has 1 aliphatic rings. The lowest BCUT2D eigenvalue weighted by Crippen LogP contribution is -2.12. The van der Waals surface area contributed by atoms with Crippen LogP contribution in [0.4, 0.5) is 5.69 Å². The largest absolute Gasteiger partial charge is 0.385 e. The van der Waals surface area contributed by atoms with Crippen LogP contribution in [0.5, 0.6) is 0 Å². The van der Waals surface area contributed by atoms with Gasteiger partial charge in [-0.25, -0.2) is 0 Å². The summed E-state index contributed by atoms with van der Waals surface area (Å²) >= 11 is 2.33. The number of benzene rings is 1. The van der Waals surface area contributed by atoms with Crippen LogP contribution < -0.4 is 5.32 Å². The lowest BCUT2D eigenvalue weighted by molar-refractivity contribution is 0.107. The average molecular weight is 317 g/mol. The average Bonchev–Trinajstić information content (AvgIpc) is 2.71. The molecule has 1 atom stereocenters. The molecule has 1 aromatic carbocycles. The van der Waals surface area contributed by atoms with E-state index in [1.54, 1.807) is 0 Å². The van der Waals surface area contributed by atoms with Crippen LogP contribution in [0.3, 0.4) is 0 Å². The highest BCUT2D eigenvalue weighted by Crippen LogP contribution is 2.16. The summed E-state index contributed by atoms with van der Waals surface area (Å²) in [6.45, 7) is 1.96. The third-order valence-corrected chi connectivity index (χ3v) is 3.32. The molecule has 1 fully saturated rings. The van der Waals surface area contributed by atoms with Gasteiger partial charge in [0.05, 0.1) is 6.10 Å². The first-order chi connectivity index (χ1) is 7.34. The predicted octanol–water partition coefficient (Wildman–Crippen LogP) is 3.27. The Hall–Kier alpha value is -0.290. The van der Waals surface area contributed by atoms with E-state index in [9.17, 15) is 0 Å². The topological polar surface area (TPSA) is 21.3 Å². The summed E-state index contributed by atoms with van der Waals surface area (Å²) in [7, 11) is 0. The summed E-state index contributed by atoms with van der Waals surface area (Å²) < 4.78 is 6.85. The Bertz CT molecular complexity index is 310. The van der Waals surface area contributed by atoms with E-state index >= 15 is 0 Å². The molecule has 2 nitrogen and oxygen atoms in total. The predicted molar refractivity (Wildman–Crippen MR) is 71.2 cm³/mol. The van der Waals surface area contributed by atoms with E-state index < -0.39 is 0 Å². The molecule has 1 aromatic rings. The maximum absolute atomic E-state index is 5.57. The molecule has 0 radical (unpaired) electrons. The first-order valence-electron chi connectivity index (χ1n) is 5.45. The minimum Gasteiger partial charge on any atom is -0.385 e. The first-order valence-corrected chi connectivity index (χ1v) is 6.53. The number of ether oxygens (including phenoxy) is 1. The van der Waals surface area contributed by atoms with Crippen LogP contribution in [-0.2, 0) is 4.74 Å². The third-order valence-electron chi connectivity index (χ3n) is 2.64. The van der Waals surface area contributed by atoms with Crippen LogP contribution in [0.1, 0.15) is 19.3 Å². The minimum absolute atomic E-state index is 0.486. The van der Waals surface area contributed by atoms with Crippen molar-refractivity contribution in [3.05, 3.63) is 27.8 Å². The highest BCUT2D eigenvalue weighted by molar-refractivity contribution is 14.1. The summed E-state index contributed by atoms with van der Waals surface area (Å²) in [5.41, 5.74) is 1.21. The molecule has 0 bridgehead atoms. The van der Waals surface area contributed by atoms with E-state index in [4.69, 9.17) is 4.74 Å². The van der Waals surface area contributed by atoms with Crippen LogP contribution >= 0.6 is 22.6 Å². The SMILES string of the molecule is Ic1cccc(NCCC2CCCO2)c1. The first kappa shape index (κ1) is 11.2. The lowest BCUT2D eigenvalue weighted by atomic mass is 10.2. The molecule has 1 unspecified atom stereocenters. The van der Waals surface area contributed by atoms with Gasteiger partial charge >= 0.3 is 0 Å². The van der Waals surface area contributed by atoms with Gasteiger partial charge in [0.25, 0.3) is 0 Å². The number of halogens is 1. The smallest absolute Gasteiger partial charge is 0.0592 e. The van der Waals surface area contributed by atoms with Crippen molar-refractivity contribution in [2.24, 2.45) is 0 Å². The van der Waals surface area contributed by atoms with Crippen molar-refractivity contribution in [1.29, 1.82) is 0 Å². The Morgan fingerprint density at radius 3 is 3.13 bits per heavy atom. The van der Waals surface area contributed by atoms with Crippen molar-refractivity contribution >= 4 is 28.3 Å². The molecule has 82 valence electrons. The fourth-order valence-electron chi connectivity index (χ4n) is 1.85. The Morgan fingerprint density at radius 1 is 1.47 bits per heavy atom. The third kappa shape index (κ3) is 3.65. The highest BCUT2D eigenvalue weighted by Gasteiger charge is 2.14. The second-order valence-corrected chi connectivity index (χ2v) is 5.11. The van der Waals surface area contributed by atoms with Gasteiger partial charge in [0.1, 0.15) is 0 Å². The summed E-state index contributed by atoms with van der Waals surface area (Å²) in [6, 6.07) is 8.45. The van der Waals surface area contributed by atoms with Gasteiger partial charge in [-0.2, -0.15) is 0 Å². The lowest BCUT2D eigenvalue weighted by Gasteiger charge is -2.10.